The fourth-order valence-corrected chi connectivity index (χ4v) is 4.12. The summed E-state index contributed by atoms with van der Waals surface area (Å²) in [5, 5.41) is 3.50. The number of hydrogen-bond donors (Lipinski definition) is 1. The Kier molecular flexibility index (Phi) is 6.74. The molecule has 2 aliphatic heterocycles. The Morgan fingerprint density at radius 2 is 1.56 bits per heavy atom. The predicted octanol–water partition coefficient (Wildman–Crippen LogP) is 3.24. The van der Waals surface area contributed by atoms with Gasteiger partial charge in [-0.15, -0.1) is 24.8 Å². The highest BCUT2D eigenvalue weighted by atomic mass is 35.5. The summed E-state index contributed by atoms with van der Waals surface area (Å²) in [6.45, 7) is 5.25. The third-order valence-electron chi connectivity index (χ3n) is 5.32. The Bertz CT molecular complexity index is 226. The maximum Gasteiger partial charge on any atom is 0.0232 e. The summed E-state index contributed by atoms with van der Waals surface area (Å²) in [7, 11) is 0. The van der Waals surface area contributed by atoms with Gasteiger partial charge >= 0.3 is 0 Å². The van der Waals surface area contributed by atoms with Crippen LogP contribution in [0.25, 0.3) is 0 Å². The first-order chi connectivity index (χ1) is 7.88. The van der Waals surface area contributed by atoms with Gasteiger partial charge in [0.05, 0.1) is 0 Å². The zero-order valence-corrected chi connectivity index (χ0v) is 13.0. The highest BCUT2D eigenvalue weighted by Crippen LogP contribution is 2.44. The second kappa shape index (κ2) is 7.33. The van der Waals surface area contributed by atoms with E-state index in [2.05, 4.69) is 10.2 Å². The zero-order chi connectivity index (χ0) is 10.8. The number of halogens is 2. The Balaban J connectivity index is 0.000000810. The fourth-order valence-electron chi connectivity index (χ4n) is 4.12. The molecule has 3 rings (SSSR count). The topological polar surface area (TPSA) is 15.3 Å². The molecule has 0 unspecified atom stereocenters. The SMILES string of the molecule is C1CCC2(CC1)CCN([C@@H]1CCNC1)CC2.Cl.Cl. The van der Waals surface area contributed by atoms with Gasteiger partial charge in [0.2, 0.25) is 0 Å². The first kappa shape index (κ1) is 16.6. The molecule has 1 N–H and O–H groups in total. The molecule has 0 radical (unpaired) electrons. The maximum atomic E-state index is 3.50. The number of piperidine rings is 1. The molecule has 4 heteroatoms. The molecule has 108 valence electrons. The van der Waals surface area contributed by atoms with E-state index in [1.165, 1.54) is 77.5 Å². The summed E-state index contributed by atoms with van der Waals surface area (Å²) >= 11 is 0. The molecule has 2 nitrogen and oxygen atoms in total. The van der Waals surface area contributed by atoms with Crippen molar-refractivity contribution >= 4 is 24.8 Å². The molecule has 2 heterocycles. The number of likely N-dealkylation sites (tertiary alicyclic amines) is 1. The molecule has 0 bridgehead atoms. The lowest BCUT2D eigenvalue weighted by molar-refractivity contribution is 0.0493. The molecule has 1 saturated carbocycles. The molecule has 1 atom stereocenters. The summed E-state index contributed by atoms with van der Waals surface area (Å²) in [5.41, 5.74) is 0.779. The predicted molar refractivity (Wildman–Crippen MR) is 82.1 cm³/mol. The third kappa shape index (κ3) is 3.53. The molecule has 18 heavy (non-hydrogen) atoms. The number of nitrogens with zero attached hydrogens (tertiary/aromatic N) is 1. The molecule has 0 amide bonds. The highest BCUT2D eigenvalue weighted by Gasteiger charge is 2.37. The summed E-state index contributed by atoms with van der Waals surface area (Å²) < 4.78 is 0. The molecule has 2 saturated heterocycles. The average molecular weight is 295 g/mol. The smallest absolute Gasteiger partial charge is 0.0232 e. The molecule has 3 fully saturated rings. The van der Waals surface area contributed by atoms with Gasteiger partial charge in [-0.05, 0) is 57.2 Å². The summed E-state index contributed by atoms with van der Waals surface area (Å²) in [5.74, 6) is 0. The van der Waals surface area contributed by atoms with E-state index in [1.807, 2.05) is 0 Å². The average Bonchev–Trinajstić information content (AvgIpc) is 2.85. The molecule has 3 aliphatic rings. The van der Waals surface area contributed by atoms with Crippen LogP contribution in [0.1, 0.15) is 51.4 Å². The van der Waals surface area contributed by atoms with E-state index in [0.29, 0.717) is 0 Å². The Morgan fingerprint density at radius 1 is 0.889 bits per heavy atom. The zero-order valence-electron chi connectivity index (χ0n) is 11.3. The van der Waals surface area contributed by atoms with E-state index in [9.17, 15) is 0 Å². The monoisotopic (exact) mass is 294 g/mol. The second-order valence-corrected chi connectivity index (χ2v) is 6.24. The van der Waals surface area contributed by atoms with Gasteiger partial charge in [0.1, 0.15) is 0 Å². The van der Waals surface area contributed by atoms with Gasteiger partial charge in [-0.25, -0.2) is 0 Å². The van der Waals surface area contributed by atoms with Crippen molar-refractivity contribution in [2.75, 3.05) is 26.2 Å². The molecule has 0 aromatic carbocycles. The van der Waals surface area contributed by atoms with Crippen molar-refractivity contribution in [1.82, 2.24) is 10.2 Å². The number of nitrogens with one attached hydrogen (secondary N) is 1. The van der Waals surface area contributed by atoms with Crippen LogP contribution in [0.15, 0.2) is 0 Å². The number of rotatable bonds is 1. The van der Waals surface area contributed by atoms with Gasteiger partial charge in [-0.1, -0.05) is 19.3 Å². The van der Waals surface area contributed by atoms with Gasteiger partial charge in [0.25, 0.3) is 0 Å². The van der Waals surface area contributed by atoms with E-state index < -0.39 is 0 Å². The van der Waals surface area contributed by atoms with E-state index in [1.54, 1.807) is 0 Å². The van der Waals surface area contributed by atoms with Crippen molar-refractivity contribution in [1.29, 1.82) is 0 Å². The van der Waals surface area contributed by atoms with E-state index in [-0.39, 0.29) is 24.8 Å². The van der Waals surface area contributed by atoms with Gasteiger partial charge < -0.3 is 5.32 Å². The Hall–Kier alpha value is 0.500. The molecular weight excluding hydrogens is 267 g/mol. The lowest BCUT2D eigenvalue weighted by Gasteiger charge is -2.45. The van der Waals surface area contributed by atoms with Crippen LogP contribution < -0.4 is 5.32 Å². The summed E-state index contributed by atoms with van der Waals surface area (Å²) in [4.78, 5) is 2.76. The van der Waals surface area contributed by atoms with Crippen LogP contribution in [0.2, 0.25) is 0 Å². The lowest BCUT2D eigenvalue weighted by atomic mass is 9.68. The minimum absolute atomic E-state index is 0. The first-order valence-corrected chi connectivity index (χ1v) is 7.33. The first-order valence-electron chi connectivity index (χ1n) is 7.33. The summed E-state index contributed by atoms with van der Waals surface area (Å²) in [6.07, 6.45) is 11.9. The molecule has 0 aromatic rings. The van der Waals surface area contributed by atoms with Crippen molar-refractivity contribution in [2.24, 2.45) is 5.41 Å². The minimum Gasteiger partial charge on any atom is -0.315 e. The summed E-state index contributed by atoms with van der Waals surface area (Å²) in [6, 6.07) is 0.862. The maximum absolute atomic E-state index is 3.50. The van der Waals surface area contributed by atoms with Crippen LogP contribution in [-0.2, 0) is 0 Å². The van der Waals surface area contributed by atoms with Crippen LogP contribution in [0.5, 0.6) is 0 Å². The van der Waals surface area contributed by atoms with Crippen molar-refractivity contribution < 1.29 is 0 Å². The van der Waals surface area contributed by atoms with Gasteiger partial charge in [-0.3, -0.25) is 4.90 Å². The van der Waals surface area contributed by atoms with Gasteiger partial charge in [-0.2, -0.15) is 0 Å². The van der Waals surface area contributed by atoms with Crippen LogP contribution in [0.3, 0.4) is 0 Å². The highest BCUT2D eigenvalue weighted by molar-refractivity contribution is 5.85. The van der Waals surface area contributed by atoms with Gasteiger partial charge in [0, 0.05) is 12.6 Å². The molecule has 1 aliphatic carbocycles. The normalized spacial score (nSPS) is 31.7. The minimum atomic E-state index is 0. The van der Waals surface area contributed by atoms with Crippen molar-refractivity contribution in [3.05, 3.63) is 0 Å². The Labute approximate surface area is 124 Å². The van der Waals surface area contributed by atoms with Crippen molar-refractivity contribution in [3.8, 4) is 0 Å². The van der Waals surface area contributed by atoms with Crippen LogP contribution >= 0.6 is 24.8 Å². The number of hydrogen-bond acceptors (Lipinski definition) is 2. The second-order valence-electron chi connectivity index (χ2n) is 6.24. The van der Waals surface area contributed by atoms with Crippen molar-refractivity contribution in [2.45, 2.75) is 57.4 Å². The third-order valence-corrected chi connectivity index (χ3v) is 5.32. The standard InChI is InChI=1S/C14H26N2.2ClH/c1-2-5-14(6-3-1)7-10-16(11-8-14)13-4-9-15-12-13;;/h13,15H,1-12H2;2*1H/t13-;;/m1../s1. The fraction of sp³-hybridized carbons (Fsp3) is 1.00. The van der Waals surface area contributed by atoms with Crippen LogP contribution in [0, 0.1) is 5.41 Å². The van der Waals surface area contributed by atoms with E-state index in [0.717, 1.165) is 11.5 Å². The lowest BCUT2D eigenvalue weighted by Crippen LogP contribution is -2.46. The molecule has 1 spiro atoms. The van der Waals surface area contributed by atoms with Crippen molar-refractivity contribution in [3.63, 3.8) is 0 Å². The molecule has 0 aromatic heterocycles. The van der Waals surface area contributed by atoms with Gasteiger partial charge in [0.15, 0.2) is 0 Å². The van der Waals surface area contributed by atoms with Crippen LogP contribution in [0.4, 0.5) is 0 Å². The van der Waals surface area contributed by atoms with E-state index in [4.69, 9.17) is 0 Å². The molecular formula is C14H28Cl2N2. The Morgan fingerprint density at radius 3 is 2.11 bits per heavy atom. The van der Waals surface area contributed by atoms with Crippen LogP contribution in [-0.4, -0.2) is 37.1 Å². The largest absolute Gasteiger partial charge is 0.315 e. The van der Waals surface area contributed by atoms with E-state index >= 15 is 0 Å². The quantitative estimate of drug-likeness (QED) is 0.799.